The molecule has 0 saturated heterocycles. The van der Waals surface area contributed by atoms with Crippen LogP contribution in [0.2, 0.25) is 0 Å². The number of halogens is 1. The van der Waals surface area contributed by atoms with E-state index in [1.54, 1.807) is 26.0 Å². The Kier molecular flexibility index (Phi) is 7.02. The summed E-state index contributed by atoms with van der Waals surface area (Å²) in [6.45, 7) is 3.50. The van der Waals surface area contributed by atoms with Crippen LogP contribution in [-0.2, 0) is 19.1 Å². The minimum Gasteiger partial charge on any atom is -0.466 e. The Morgan fingerprint density at radius 2 is 1.52 bits per heavy atom. The molecule has 1 N–H and O–H groups in total. The topological polar surface area (TPSA) is 64.6 Å². The maximum atomic E-state index is 12.3. The van der Waals surface area contributed by atoms with Crippen molar-refractivity contribution in [1.29, 1.82) is 0 Å². The van der Waals surface area contributed by atoms with Crippen molar-refractivity contribution >= 4 is 29.6 Å². The number of carbonyl (C=O) groups is 2. The molecule has 0 saturated carbocycles. The number of hydrogen-bond acceptors (Lipinski definition) is 5. The number of allylic oxidation sites excluding steroid dienone is 5. The second kappa shape index (κ2) is 9.24. The predicted octanol–water partition coefficient (Wildman–Crippen LogP) is 3.94. The molecule has 0 spiro atoms. The van der Waals surface area contributed by atoms with Crippen molar-refractivity contribution in [2.45, 2.75) is 13.8 Å². The van der Waals surface area contributed by atoms with Gasteiger partial charge in [-0.05, 0) is 25.5 Å². The lowest BCUT2D eigenvalue weighted by atomic mass is 9.85. The standard InChI is InChI=1S/C21H22ClNO4/c1-13-18(20(24)26-3)17(19(14(2)23-13)21(25)27-4)12-16(22)11-10-15-8-6-5-7-9-15/h5-12,17,23H,1-4H3/b11-10+,16-12-. The zero-order chi connectivity index (χ0) is 20.0. The summed E-state index contributed by atoms with van der Waals surface area (Å²) in [6, 6.07) is 9.66. The van der Waals surface area contributed by atoms with Crippen molar-refractivity contribution in [3.63, 3.8) is 0 Å². The van der Waals surface area contributed by atoms with E-state index in [0.29, 0.717) is 27.6 Å². The van der Waals surface area contributed by atoms with Gasteiger partial charge in [-0.3, -0.25) is 0 Å². The molecule has 5 nitrogen and oxygen atoms in total. The Bertz CT molecular complexity index is 812. The van der Waals surface area contributed by atoms with Crippen LogP contribution in [0.1, 0.15) is 19.4 Å². The van der Waals surface area contributed by atoms with E-state index in [1.807, 2.05) is 36.4 Å². The molecule has 27 heavy (non-hydrogen) atoms. The van der Waals surface area contributed by atoms with Gasteiger partial charge < -0.3 is 14.8 Å². The van der Waals surface area contributed by atoms with Crippen molar-refractivity contribution < 1.29 is 19.1 Å². The first kappa shape index (κ1) is 20.5. The van der Waals surface area contributed by atoms with Crippen LogP contribution in [0.4, 0.5) is 0 Å². The van der Waals surface area contributed by atoms with Gasteiger partial charge in [0.25, 0.3) is 0 Å². The summed E-state index contributed by atoms with van der Waals surface area (Å²) in [4.78, 5) is 24.7. The molecule has 1 aliphatic heterocycles. The van der Waals surface area contributed by atoms with E-state index >= 15 is 0 Å². The van der Waals surface area contributed by atoms with Crippen molar-refractivity contribution in [1.82, 2.24) is 5.32 Å². The van der Waals surface area contributed by atoms with Crippen molar-refractivity contribution in [3.8, 4) is 0 Å². The van der Waals surface area contributed by atoms with Crippen LogP contribution in [0.15, 0.2) is 70.1 Å². The minimum atomic E-state index is -0.681. The lowest BCUT2D eigenvalue weighted by molar-refractivity contribution is -0.137. The summed E-state index contributed by atoms with van der Waals surface area (Å²) < 4.78 is 9.79. The van der Waals surface area contributed by atoms with Crippen LogP contribution in [0, 0.1) is 5.92 Å². The summed E-state index contributed by atoms with van der Waals surface area (Å²) in [5.74, 6) is -1.75. The maximum absolute atomic E-state index is 12.3. The molecule has 0 aromatic heterocycles. The predicted molar refractivity (Wildman–Crippen MR) is 105 cm³/mol. The van der Waals surface area contributed by atoms with Gasteiger partial charge in [-0.25, -0.2) is 9.59 Å². The minimum absolute atomic E-state index is 0.315. The summed E-state index contributed by atoms with van der Waals surface area (Å²) >= 11 is 6.39. The zero-order valence-corrected chi connectivity index (χ0v) is 16.5. The zero-order valence-electron chi connectivity index (χ0n) is 15.7. The summed E-state index contributed by atoms with van der Waals surface area (Å²) in [5.41, 5.74) is 2.81. The molecule has 1 aliphatic rings. The van der Waals surface area contributed by atoms with Gasteiger partial charge in [-0.15, -0.1) is 0 Å². The number of methoxy groups -OCH3 is 2. The number of dihydropyridines is 1. The summed E-state index contributed by atoms with van der Waals surface area (Å²) in [5, 5.41) is 3.42. The number of carbonyl (C=O) groups excluding carboxylic acids is 2. The average Bonchev–Trinajstić information content (AvgIpc) is 2.66. The smallest absolute Gasteiger partial charge is 0.336 e. The molecule has 1 heterocycles. The fourth-order valence-corrected chi connectivity index (χ4v) is 3.12. The normalized spacial score (nSPS) is 15.8. The number of hydrogen-bond donors (Lipinski definition) is 1. The fraction of sp³-hybridized carbons (Fsp3) is 0.238. The largest absolute Gasteiger partial charge is 0.466 e. The molecule has 0 fully saturated rings. The third-order valence-corrected chi connectivity index (χ3v) is 4.43. The Morgan fingerprint density at radius 1 is 1.00 bits per heavy atom. The van der Waals surface area contributed by atoms with E-state index in [2.05, 4.69) is 5.32 Å². The van der Waals surface area contributed by atoms with Crippen LogP contribution in [0.3, 0.4) is 0 Å². The Morgan fingerprint density at radius 3 is 2.00 bits per heavy atom. The molecular formula is C21H22ClNO4. The van der Waals surface area contributed by atoms with Gasteiger partial charge in [0.15, 0.2) is 0 Å². The Hall–Kier alpha value is -2.79. The lowest BCUT2D eigenvalue weighted by Gasteiger charge is -2.28. The molecule has 0 amide bonds. The molecular weight excluding hydrogens is 366 g/mol. The highest BCUT2D eigenvalue weighted by Gasteiger charge is 2.35. The van der Waals surface area contributed by atoms with Gasteiger partial charge in [0, 0.05) is 22.3 Å². The maximum Gasteiger partial charge on any atom is 0.336 e. The van der Waals surface area contributed by atoms with Crippen LogP contribution in [0.5, 0.6) is 0 Å². The highest BCUT2D eigenvalue weighted by Crippen LogP contribution is 2.33. The van der Waals surface area contributed by atoms with Crippen LogP contribution < -0.4 is 5.32 Å². The van der Waals surface area contributed by atoms with Gasteiger partial charge in [0.1, 0.15) is 0 Å². The van der Waals surface area contributed by atoms with E-state index in [0.717, 1.165) is 5.56 Å². The van der Waals surface area contributed by atoms with Gasteiger partial charge in [0.2, 0.25) is 0 Å². The van der Waals surface area contributed by atoms with Crippen LogP contribution in [-0.4, -0.2) is 26.2 Å². The SMILES string of the molecule is COC(=O)C1=C(C)NC(C)=C(C(=O)OC)C1/C=C(Cl)/C=C/c1ccccc1. The first-order chi connectivity index (χ1) is 12.9. The molecule has 0 atom stereocenters. The number of esters is 2. The molecule has 0 radical (unpaired) electrons. The number of ether oxygens (including phenoxy) is 2. The molecule has 2 rings (SSSR count). The third kappa shape index (κ3) is 4.89. The lowest BCUT2D eigenvalue weighted by Crippen LogP contribution is -2.32. The van der Waals surface area contributed by atoms with E-state index in [4.69, 9.17) is 21.1 Å². The molecule has 0 unspecified atom stereocenters. The molecule has 142 valence electrons. The Labute approximate surface area is 164 Å². The molecule has 0 bridgehead atoms. The van der Waals surface area contributed by atoms with Gasteiger partial charge >= 0.3 is 11.9 Å². The first-order valence-corrected chi connectivity index (χ1v) is 8.72. The van der Waals surface area contributed by atoms with Gasteiger partial charge in [0.05, 0.1) is 25.4 Å². The number of rotatable bonds is 5. The van der Waals surface area contributed by atoms with Crippen molar-refractivity contribution in [2.75, 3.05) is 14.2 Å². The monoisotopic (exact) mass is 387 g/mol. The van der Waals surface area contributed by atoms with Crippen LogP contribution in [0.25, 0.3) is 6.08 Å². The molecule has 1 aromatic carbocycles. The van der Waals surface area contributed by atoms with Gasteiger partial charge in [-0.2, -0.15) is 0 Å². The first-order valence-electron chi connectivity index (χ1n) is 8.34. The molecule has 0 aliphatic carbocycles. The number of benzene rings is 1. The van der Waals surface area contributed by atoms with E-state index in [-0.39, 0.29) is 0 Å². The number of nitrogens with one attached hydrogen (secondary N) is 1. The van der Waals surface area contributed by atoms with Crippen molar-refractivity contribution in [3.05, 3.63) is 75.6 Å². The van der Waals surface area contributed by atoms with Crippen molar-refractivity contribution in [2.24, 2.45) is 5.92 Å². The average molecular weight is 388 g/mol. The molecule has 6 heteroatoms. The highest BCUT2D eigenvalue weighted by atomic mass is 35.5. The second-order valence-corrected chi connectivity index (χ2v) is 6.40. The molecule has 1 aromatic rings. The van der Waals surface area contributed by atoms with E-state index < -0.39 is 17.9 Å². The summed E-state index contributed by atoms with van der Waals surface area (Å²) in [7, 11) is 2.59. The second-order valence-electron chi connectivity index (χ2n) is 5.96. The van der Waals surface area contributed by atoms with Crippen LogP contribution >= 0.6 is 11.6 Å². The van der Waals surface area contributed by atoms with E-state index in [9.17, 15) is 9.59 Å². The van der Waals surface area contributed by atoms with E-state index in [1.165, 1.54) is 14.2 Å². The third-order valence-electron chi connectivity index (χ3n) is 4.18. The quantitative estimate of drug-likeness (QED) is 0.612. The fourth-order valence-electron chi connectivity index (χ4n) is 2.93. The summed E-state index contributed by atoms with van der Waals surface area (Å²) in [6.07, 6.45) is 5.21. The Balaban J connectivity index is 2.47. The highest BCUT2D eigenvalue weighted by molar-refractivity contribution is 6.31. The van der Waals surface area contributed by atoms with Gasteiger partial charge in [-0.1, -0.05) is 54.1 Å².